The number of pyridine rings is 1. The SMILES string of the molecule is O=C(O)c1cn(CNc2cccnc2)cn1. The Bertz CT molecular complexity index is 481. The molecule has 0 saturated carbocycles. The predicted molar refractivity (Wildman–Crippen MR) is 57.0 cm³/mol. The average molecular weight is 218 g/mol. The summed E-state index contributed by atoms with van der Waals surface area (Å²) < 4.78 is 1.65. The maximum absolute atomic E-state index is 10.6. The van der Waals surface area contributed by atoms with E-state index in [1.54, 1.807) is 17.0 Å². The molecule has 0 aliphatic heterocycles. The first-order chi connectivity index (χ1) is 7.75. The first-order valence-corrected chi connectivity index (χ1v) is 4.64. The van der Waals surface area contributed by atoms with Crippen LogP contribution in [0.1, 0.15) is 10.5 Å². The molecule has 0 radical (unpaired) electrons. The highest BCUT2D eigenvalue weighted by molar-refractivity contribution is 5.84. The van der Waals surface area contributed by atoms with Crippen molar-refractivity contribution in [3.8, 4) is 0 Å². The summed E-state index contributed by atoms with van der Waals surface area (Å²) >= 11 is 0. The molecular formula is C10H10N4O2. The molecule has 0 aromatic carbocycles. The summed E-state index contributed by atoms with van der Waals surface area (Å²) in [5.74, 6) is -1.03. The van der Waals surface area contributed by atoms with Gasteiger partial charge in [0.25, 0.3) is 0 Å². The van der Waals surface area contributed by atoms with Crippen LogP contribution in [-0.2, 0) is 6.67 Å². The van der Waals surface area contributed by atoms with Crippen molar-refractivity contribution in [1.82, 2.24) is 14.5 Å². The zero-order valence-corrected chi connectivity index (χ0v) is 8.37. The van der Waals surface area contributed by atoms with Gasteiger partial charge in [0.15, 0.2) is 5.69 Å². The summed E-state index contributed by atoms with van der Waals surface area (Å²) in [7, 11) is 0. The van der Waals surface area contributed by atoms with Crippen LogP contribution in [0, 0.1) is 0 Å². The van der Waals surface area contributed by atoms with Gasteiger partial charge in [0, 0.05) is 18.6 Å². The Morgan fingerprint density at radius 3 is 3.06 bits per heavy atom. The lowest BCUT2D eigenvalue weighted by atomic mass is 10.4. The maximum atomic E-state index is 10.6. The van der Waals surface area contributed by atoms with Gasteiger partial charge in [0.05, 0.1) is 18.7 Å². The number of hydrogen-bond acceptors (Lipinski definition) is 4. The zero-order chi connectivity index (χ0) is 11.4. The minimum Gasteiger partial charge on any atom is -0.476 e. The van der Waals surface area contributed by atoms with Gasteiger partial charge in [-0.25, -0.2) is 9.78 Å². The normalized spacial score (nSPS) is 10.0. The van der Waals surface area contributed by atoms with Crippen LogP contribution in [0.5, 0.6) is 0 Å². The fourth-order valence-corrected chi connectivity index (χ4v) is 1.21. The summed E-state index contributed by atoms with van der Waals surface area (Å²) in [4.78, 5) is 18.3. The van der Waals surface area contributed by atoms with Gasteiger partial charge in [-0.3, -0.25) is 4.98 Å². The van der Waals surface area contributed by atoms with Gasteiger partial charge in [0.2, 0.25) is 0 Å². The molecule has 82 valence electrons. The van der Waals surface area contributed by atoms with Crippen molar-refractivity contribution in [3.05, 3.63) is 42.7 Å². The molecule has 0 unspecified atom stereocenters. The van der Waals surface area contributed by atoms with E-state index >= 15 is 0 Å². The van der Waals surface area contributed by atoms with Crippen LogP contribution in [0.3, 0.4) is 0 Å². The molecule has 0 atom stereocenters. The van der Waals surface area contributed by atoms with E-state index in [0.717, 1.165) is 5.69 Å². The van der Waals surface area contributed by atoms with Gasteiger partial charge in [-0.1, -0.05) is 0 Å². The molecule has 6 heteroatoms. The van der Waals surface area contributed by atoms with E-state index in [0.29, 0.717) is 6.67 Å². The molecule has 0 fully saturated rings. The molecule has 0 saturated heterocycles. The number of nitrogens with one attached hydrogen (secondary N) is 1. The topological polar surface area (TPSA) is 80.0 Å². The van der Waals surface area contributed by atoms with Crippen LogP contribution in [0.25, 0.3) is 0 Å². The number of carboxylic acids is 1. The Balaban J connectivity index is 1.97. The third kappa shape index (κ3) is 2.35. The Labute approximate surface area is 91.6 Å². The fourth-order valence-electron chi connectivity index (χ4n) is 1.21. The van der Waals surface area contributed by atoms with E-state index in [4.69, 9.17) is 5.11 Å². The highest BCUT2D eigenvalue weighted by Crippen LogP contribution is 2.03. The van der Waals surface area contributed by atoms with Crippen LogP contribution in [-0.4, -0.2) is 25.6 Å². The molecule has 2 heterocycles. The first kappa shape index (κ1) is 10.2. The molecule has 2 aromatic heterocycles. The fraction of sp³-hybridized carbons (Fsp3) is 0.100. The number of aromatic carboxylic acids is 1. The predicted octanol–water partition coefficient (Wildman–Crippen LogP) is 1.05. The monoisotopic (exact) mass is 218 g/mol. The second-order valence-corrected chi connectivity index (χ2v) is 3.15. The number of anilines is 1. The second kappa shape index (κ2) is 4.43. The van der Waals surface area contributed by atoms with E-state index in [-0.39, 0.29) is 5.69 Å². The van der Waals surface area contributed by atoms with E-state index in [1.807, 2.05) is 12.1 Å². The van der Waals surface area contributed by atoms with Gasteiger partial charge >= 0.3 is 5.97 Å². The lowest BCUT2D eigenvalue weighted by Gasteiger charge is -2.05. The third-order valence-electron chi connectivity index (χ3n) is 1.98. The van der Waals surface area contributed by atoms with Crippen molar-refractivity contribution in [2.75, 3.05) is 5.32 Å². The van der Waals surface area contributed by atoms with Crippen molar-refractivity contribution in [2.24, 2.45) is 0 Å². The molecule has 16 heavy (non-hydrogen) atoms. The number of imidazole rings is 1. The summed E-state index contributed by atoms with van der Waals surface area (Å²) in [6.07, 6.45) is 6.30. The Hall–Kier alpha value is -2.37. The molecular weight excluding hydrogens is 208 g/mol. The molecule has 2 N–H and O–H groups in total. The van der Waals surface area contributed by atoms with Crippen LogP contribution in [0.15, 0.2) is 37.1 Å². The van der Waals surface area contributed by atoms with Gasteiger partial charge in [0.1, 0.15) is 0 Å². The number of rotatable bonds is 4. The highest BCUT2D eigenvalue weighted by atomic mass is 16.4. The van der Waals surface area contributed by atoms with Crippen LogP contribution >= 0.6 is 0 Å². The van der Waals surface area contributed by atoms with E-state index in [2.05, 4.69) is 15.3 Å². The van der Waals surface area contributed by atoms with Crippen molar-refractivity contribution in [2.45, 2.75) is 6.67 Å². The van der Waals surface area contributed by atoms with Crippen LogP contribution < -0.4 is 5.32 Å². The standard InChI is InChI=1S/C10H10N4O2/c15-10(16)9-5-14(7-13-9)6-12-8-2-1-3-11-4-8/h1-5,7,12H,6H2,(H,15,16). The summed E-state index contributed by atoms with van der Waals surface area (Å²) in [6.45, 7) is 0.450. The Morgan fingerprint density at radius 1 is 1.56 bits per heavy atom. The van der Waals surface area contributed by atoms with E-state index in [9.17, 15) is 4.79 Å². The molecule has 2 aromatic rings. The maximum Gasteiger partial charge on any atom is 0.356 e. The largest absolute Gasteiger partial charge is 0.476 e. The molecule has 6 nitrogen and oxygen atoms in total. The molecule has 0 aliphatic rings. The molecule has 0 aliphatic carbocycles. The lowest BCUT2D eigenvalue weighted by Crippen LogP contribution is -2.06. The van der Waals surface area contributed by atoms with Crippen molar-refractivity contribution >= 4 is 11.7 Å². The smallest absolute Gasteiger partial charge is 0.356 e. The summed E-state index contributed by atoms with van der Waals surface area (Å²) in [6, 6.07) is 3.70. The van der Waals surface area contributed by atoms with Gasteiger partial charge in [-0.05, 0) is 12.1 Å². The van der Waals surface area contributed by atoms with Crippen molar-refractivity contribution in [3.63, 3.8) is 0 Å². The van der Waals surface area contributed by atoms with Gasteiger partial charge in [-0.2, -0.15) is 0 Å². The Morgan fingerprint density at radius 2 is 2.44 bits per heavy atom. The number of aromatic nitrogens is 3. The van der Waals surface area contributed by atoms with E-state index < -0.39 is 5.97 Å². The van der Waals surface area contributed by atoms with Gasteiger partial charge < -0.3 is 15.0 Å². The number of hydrogen-bond donors (Lipinski definition) is 2. The average Bonchev–Trinajstić information content (AvgIpc) is 2.76. The summed E-state index contributed by atoms with van der Waals surface area (Å²) in [5, 5.41) is 11.8. The number of carboxylic acid groups (broad SMARTS) is 1. The third-order valence-corrected chi connectivity index (χ3v) is 1.98. The highest BCUT2D eigenvalue weighted by Gasteiger charge is 2.05. The van der Waals surface area contributed by atoms with Crippen molar-refractivity contribution < 1.29 is 9.90 Å². The quantitative estimate of drug-likeness (QED) is 0.801. The zero-order valence-electron chi connectivity index (χ0n) is 8.37. The number of carbonyl (C=O) groups is 1. The number of nitrogens with zero attached hydrogens (tertiary/aromatic N) is 3. The molecule has 0 spiro atoms. The first-order valence-electron chi connectivity index (χ1n) is 4.64. The molecule has 2 rings (SSSR count). The molecule has 0 amide bonds. The van der Waals surface area contributed by atoms with Crippen molar-refractivity contribution in [1.29, 1.82) is 0 Å². The Kier molecular flexibility index (Phi) is 2.81. The lowest BCUT2D eigenvalue weighted by molar-refractivity contribution is 0.0691. The minimum atomic E-state index is -1.03. The van der Waals surface area contributed by atoms with E-state index in [1.165, 1.54) is 12.5 Å². The van der Waals surface area contributed by atoms with Gasteiger partial charge in [-0.15, -0.1) is 0 Å². The van der Waals surface area contributed by atoms with Crippen LogP contribution in [0.2, 0.25) is 0 Å². The second-order valence-electron chi connectivity index (χ2n) is 3.15. The molecule has 0 bridgehead atoms. The minimum absolute atomic E-state index is 0.0352. The van der Waals surface area contributed by atoms with Crippen LogP contribution in [0.4, 0.5) is 5.69 Å². The summed E-state index contributed by atoms with van der Waals surface area (Å²) in [5.41, 5.74) is 0.904.